The third-order valence-corrected chi connectivity index (χ3v) is 7.42. The van der Waals surface area contributed by atoms with Gasteiger partial charge in [0.1, 0.15) is 5.75 Å². The van der Waals surface area contributed by atoms with Crippen LogP contribution in [0.1, 0.15) is 34.0 Å². The van der Waals surface area contributed by atoms with Crippen molar-refractivity contribution in [2.75, 3.05) is 0 Å². The van der Waals surface area contributed by atoms with Crippen molar-refractivity contribution in [1.29, 1.82) is 0 Å². The Hall–Kier alpha value is -3.56. The maximum atomic E-state index is 13.9. The number of hydrogen-bond acceptors (Lipinski definition) is 3. The Morgan fingerprint density at radius 2 is 1.11 bits per heavy atom. The molecule has 0 amide bonds. The Morgan fingerprint density at radius 3 is 1.50 bits per heavy atom. The second-order valence-electron chi connectivity index (χ2n) is 8.52. The largest absolute Gasteiger partial charge is 0.506 e. The van der Waals surface area contributed by atoms with Gasteiger partial charge >= 0.3 is 0 Å². The predicted octanol–water partition coefficient (Wildman–Crippen LogP) is 5.67. The molecule has 182 valence electrons. The maximum absolute atomic E-state index is 13.9. The third-order valence-electron chi connectivity index (χ3n) is 6.21. The van der Waals surface area contributed by atoms with Gasteiger partial charge in [-0.1, -0.05) is 36.4 Å². The number of aromatic nitrogens is 4. The van der Waals surface area contributed by atoms with Gasteiger partial charge in [-0.2, -0.15) is 0 Å². The molecule has 0 aliphatic carbocycles. The molecule has 0 radical (unpaired) electrons. The molecule has 0 fully saturated rings. The molecule has 0 aliphatic heterocycles. The summed E-state index contributed by atoms with van der Waals surface area (Å²) in [5.74, 6) is -0.668. The van der Waals surface area contributed by atoms with Crippen molar-refractivity contribution >= 4 is 31.9 Å². The van der Waals surface area contributed by atoms with Crippen LogP contribution in [0, 0.1) is 13.8 Å². The lowest BCUT2D eigenvalue weighted by molar-refractivity contribution is 0.468. The van der Waals surface area contributed by atoms with E-state index in [-0.39, 0.29) is 16.9 Å². The Bertz CT molecular complexity index is 1560. The summed E-state index contributed by atoms with van der Waals surface area (Å²) in [6.07, 6.45) is 0. The molecule has 0 spiro atoms. The second kappa shape index (κ2) is 9.48. The molecule has 36 heavy (non-hydrogen) atoms. The van der Waals surface area contributed by atoms with Gasteiger partial charge in [-0.25, -0.2) is 9.36 Å². The fourth-order valence-corrected chi connectivity index (χ4v) is 5.77. The van der Waals surface area contributed by atoms with Crippen LogP contribution in [0.2, 0.25) is 0 Å². The minimum absolute atomic E-state index is 0.0393. The van der Waals surface area contributed by atoms with E-state index in [1.54, 1.807) is 12.1 Å². The van der Waals surface area contributed by atoms with Gasteiger partial charge in [0.2, 0.25) is 0 Å². The van der Waals surface area contributed by atoms with Crippen LogP contribution in [0.4, 0.5) is 0 Å². The Morgan fingerprint density at radius 1 is 0.722 bits per heavy atom. The molecule has 0 bridgehead atoms. The average molecular weight is 610 g/mol. The molecule has 0 aliphatic rings. The van der Waals surface area contributed by atoms with Gasteiger partial charge in [-0.15, -0.1) is 0 Å². The topological polar surface area (TPSA) is 95.8 Å². The number of rotatable bonds is 5. The molecular formula is C27H22Br2N4O3. The maximum Gasteiger partial charge on any atom is 0.275 e. The minimum atomic E-state index is -0.708. The molecule has 2 aromatic heterocycles. The van der Waals surface area contributed by atoms with Gasteiger partial charge in [-0.05, 0) is 87.7 Å². The molecule has 7 nitrogen and oxygen atoms in total. The lowest BCUT2D eigenvalue weighted by Gasteiger charge is -2.17. The lowest BCUT2D eigenvalue weighted by Crippen LogP contribution is -2.25. The summed E-state index contributed by atoms with van der Waals surface area (Å²) in [6.45, 7) is 3.65. The van der Waals surface area contributed by atoms with Crippen LogP contribution in [0.3, 0.4) is 0 Å². The lowest BCUT2D eigenvalue weighted by atomic mass is 9.85. The van der Waals surface area contributed by atoms with E-state index < -0.39 is 5.92 Å². The fraction of sp³-hybridized carbons (Fsp3) is 0.111. The first-order chi connectivity index (χ1) is 17.3. The van der Waals surface area contributed by atoms with Gasteiger partial charge in [0.25, 0.3) is 11.1 Å². The number of nitrogens with zero attached hydrogens (tertiary/aromatic N) is 2. The van der Waals surface area contributed by atoms with Crippen molar-refractivity contribution in [3.05, 3.63) is 131 Å². The number of aromatic hydroxyl groups is 1. The normalized spacial score (nSPS) is 11.4. The molecule has 0 atom stereocenters. The first kappa shape index (κ1) is 24.1. The smallest absolute Gasteiger partial charge is 0.275 e. The van der Waals surface area contributed by atoms with Crippen molar-refractivity contribution in [2.24, 2.45) is 0 Å². The molecule has 0 unspecified atom stereocenters. The van der Waals surface area contributed by atoms with Gasteiger partial charge in [-0.3, -0.25) is 19.8 Å². The van der Waals surface area contributed by atoms with Gasteiger partial charge < -0.3 is 5.11 Å². The van der Waals surface area contributed by atoms with Crippen LogP contribution in [0.25, 0.3) is 11.4 Å². The number of aryl methyl sites for hydroxylation is 2. The predicted molar refractivity (Wildman–Crippen MR) is 147 cm³/mol. The summed E-state index contributed by atoms with van der Waals surface area (Å²) in [5, 5.41) is 16.7. The summed E-state index contributed by atoms with van der Waals surface area (Å²) in [6, 6.07) is 22.0. The van der Waals surface area contributed by atoms with Crippen molar-refractivity contribution in [3.8, 4) is 17.1 Å². The summed E-state index contributed by atoms with van der Waals surface area (Å²) < 4.78 is 3.87. The zero-order chi connectivity index (χ0) is 25.6. The number of phenolic OH excluding ortho intramolecular Hbond substituents is 1. The molecule has 0 saturated heterocycles. The van der Waals surface area contributed by atoms with Gasteiger partial charge in [0.05, 0.1) is 31.4 Å². The Kier molecular flexibility index (Phi) is 6.36. The van der Waals surface area contributed by atoms with E-state index in [4.69, 9.17) is 0 Å². The quantitative estimate of drug-likeness (QED) is 0.239. The number of H-pyrrole nitrogens is 2. The number of aromatic amines is 2. The molecule has 3 aromatic carbocycles. The summed E-state index contributed by atoms with van der Waals surface area (Å²) >= 11 is 6.81. The van der Waals surface area contributed by atoms with E-state index in [0.717, 1.165) is 0 Å². The third kappa shape index (κ3) is 4.08. The van der Waals surface area contributed by atoms with E-state index in [1.807, 2.05) is 74.5 Å². The zero-order valence-corrected chi connectivity index (χ0v) is 22.6. The summed E-state index contributed by atoms with van der Waals surface area (Å²) in [7, 11) is 0. The van der Waals surface area contributed by atoms with Crippen LogP contribution in [-0.4, -0.2) is 24.7 Å². The summed E-state index contributed by atoms with van der Waals surface area (Å²) in [4.78, 5) is 27.7. The molecule has 3 N–H and O–H groups in total. The molecule has 5 rings (SSSR count). The highest BCUT2D eigenvalue weighted by Crippen LogP contribution is 2.39. The minimum Gasteiger partial charge on any atom is -0.506 e. The summed E-state index contributed by atoms with van der Waals surface area (Å²) in [5.41, 5.74) is 3.72. The number of para-hydroxylation sites is 2. The number of halogens is 2. The van der Waals surface area contributed by atoms with Crippen molar-refractivity contribution in [2.45, 2.75) is 19.8 Å². The van der Waals surface area contributed by atoms with E-state index in [0.29, 0.717) is 48.4 Å². The molecule has 5 aromatic rings. The van der Waals surface area contributed by atoms with E-state index in [1.165, 1.54) is 9.36 Å². The Balaban J connectivity index is 1.81. The highest BCUT2D eigenvalue weighted by molar-refractivity contribution is 9.11. The number of hydrogen-bond donors (Lipinski definition) is 3. The molecular weight excluding hydrogens is 588 g/mol. The number of benzene rings is 3. The average Bonchev–Trinajstić information content (AvgIpc) is 3.34. The number of nitrogens with one attached hydrogen (secondary N) is 2. The van der Waals surface area contributed by atoms with Gasteiger partial charge in [0, 0.05) is 17.3 Å². The van der Waals surface area contributed by atoms with Crippen LogP contribution >= 0.6 is 31.9 Å². The first-order valence-corrected chi connectivity index (χ1v) is 12.8. The molecule has 9 heteroatoms. The highest BCUT2D eigenvalue weighted by atomic mass is 79.9. The fourth-order valence-electron chi connectivity index (χ4n) is 4.55. The van der Waals surface area contributed by atoms with Gasteiger partial charge in [0.15, 0.2) is 0 Å². The van der Waals surface area contributed by atoms with Crippen LogP contribution < -0.4 is 11.1 Å². The zero-order valence-electron chi connectivity index (χ0n) is 19.4. The Labute approximate surface area is 223 Å². The molecule has 0 saturated carbocycles. The van der Waals surface area contributed by atoms with E-state index >= 15 is 0 Å². The van der Waals surface area contributed by atoms with E-state index in [2.05, 4.69) is 42.1 Å². The second-order valence-corrected chi connectivity index (χ2v) is 10.2. The standard InChI is InChI=1S/C27H22Br2N4O3/c1-15-22(26(35)32(30-15)18-9-5-3-6-10-18)24(17-13-20(28)25(34)21(29)14-17)23-16(2)31-33(27(23)36)19-11-7-4-8-12-19/h3-14,24,30-31,34H,1-2H3. The van der Waals surface area contributed by atoms with Crippen LogP contribution in [0.5, 0.6) is 5.75 Å². The first-order valence-electron chi connectivity index (χ1n) is 11.2. The SMILES string of the molecule is Cc1[nH]n(-c2ccccc2)c(=O)c1C(c1cc(Br)c(O)c(Br)c1)c1c(C)[nH]n(-c2ccccc2)c1=O. The monoisotopic (exact) mass is 608 g/mol. The van der Waals surface area contributed by atoms with Crippen LogP contribution in [0.15, 0.2) is 91.3 Å². The van der Waals surface area contributed by atoms with E-state index in [9.17, 15) is 14.7 Å². The van der Waals surface area contributed by atoms with Crippen molar-refractivity contribution < 1.29 is 5.11 Å². The van der Waals surface area contributed by atoms with Crippen molar-refractivity contribution in [3.63, 3.8) is 0 Å². The highest BCUT2D eigenvalue weighted by Gasteiger charge is 2.31. The number of phenols is 1. The van der Waals surface area contributed by atoms with Crippen LogP contribution in [-0.2, 0) is 0 Å². The molecule has 2 heterocycles. The van der Waals surface area contributed by atoms with Crippen molar-refractivity contribution in [1.82, 2.24) is 19.6 Å².